The fourth-order valence-electron chi connectivity index (χ4n) is 3.71. The summed E-state index contributed by atoms with van der Waals surface area (Å²) in [5.41, 5.74) is 5.36. The van der Waals surface area contributed by atoms with E-state index in [4.69, 9.17) is 18.0 Å². The largest absolute Gasteiger partial charge is 0.392 e. The highest BCUT2D eigenvalue weighted by Gasteiger charge is 2.52. The summed E-state index contributed by atoms with van der Waals surface area (Å²) < 4.78 is 0. The second-order valence-electron chi connectivity index (χ2n) is 7.00. The van der Waals surface area contributed by atoms with Gasteiger partial charge in [0.1, 0.15) is 0 Å². The van der Waals surface area contributed by atoms with Crippen LogP contribution in [-0.2, 0) is 4.79 Å². The molecular formula is C15H25N3OS. The zero-order chi connectivity index (χ0) is 14.3. The average Bonchev–Trinajstić information content (AvgIpc) is 3.18. The molecule has 3 aliphatic rings. The highest BCUT2D eigenvalue weighted by Crippen LogP contribution is 2.47. The third-order valence-electron chi connectivity index (χ3n) is 5.15. The highest BCUT2D eigenvalue weighted by molar-refractivity contribution is 7.80. The zero-order valence-corrected chi connectivity index (χ0v) is 13.1. The molecule has 0 bridgehead atoms. The van der Waals surface area contributed by atoms with Gasteiger partial charge < -0.3 is 10.6 Å². The number of thiocarbonyl (C=S) groups is 1. The van der Waals surface area contributed by atoms with Crippen molar-refractivity contribution in [3.63, 3.8) is 0 Å². The normalized spacial score (nSPS) is 34.6. The molecule has 0 radical (unpaired) electrons. The number of amides is 1. The molecule has 0 aromatic carbocycles. The molecule has 1 amide bonds. The molecule has 0 spiro atoms. The van der Waals surface area contributed by atoms with Crippen LogP contribution in [0.1, 0.15) is 32.6 Å². The summed E-state index contributed by atoms with van der Waals surface area (Å²) in [5.74, 6) is 1.68. The van der Waals surface area contributed by atoms with Crippen molar-refractivity contribution >= 4 is 23.1 Å². The monoisotopic (exact) mass is 295 g/mol. The molecule has 1 heterocycles. The molecule has 3 fully saturated rings. The first-order chi connectivity index (χ1) is 9.51. The maximum Gasteiger partial charge on any atom is 0.235 e. The van der Waals surface area contributed by atoms with Crippen LogP contribution in [0.3, 0.4) is 0 Å². The van der Waals surface area contributed by atoms with Crippen molar-refractivity contribution < 1.29 is 4.79 Å². The lowest BCUT2D eigenvalue weighted by molar-refractivity contribution is -0.145. The second-order valence-corrected chi connectivity index (χ2v) is 7.44. The number of nitrogens with zero attached hydrogens (tertiary/aromatic N) is 2. The lowest BCUT2D eigenvalue weighted by Crippen LogP contribution is -2.60. The smallest absolute Gasteiger partial charge is 0.235 e. The minimum absolute atomic E-state index is 0.189. The van der Waals surface area contributed by atoms with Crippen molar-refractivity contribution in [1.29, 1.82) is 0 Å². The minimum atomic E-state index is -0.520. The zero-order valence-electron chi connectivity index (χ0n) is 12.3. The molecule has 2 saturated carbocycles. The van der Waals surface area contributed by atoms with Gasteiger partial charge in [0.15, 0.2) is 0 Å². The van der Waals surface area contributed by atoms with E-state index in [-0.39, 0.29) is 5.91 Å². The summed E-state index contributed by atoms with van der Waals surface area (Å²) in [6.07, 6.45) is 4.45. The van der Waals surface area contributed by atoms with Crippen molar-refractivity contribution in [3.8, 4) is 0 Å². The van der Waals surface area contributed by atoms with E-state index in [1.54, 1.807) is 0 Å². The minimum Gasteiger partial charge on any atom is -0.392 e. The first kappa shape index (κ1) is 14.3. The van der Waals surface area contributed by atoms with E-state index in [9.17, 15) is 4.79 Å². The van der Waals surface area contributed by atoms with Crippen LogP contribution >= 0.6 is 12.2 Å². The first-order valence-electron chi connectivity index (χ1n) is 7.83. The van der Waals surface area contributed by atoms with Crippen LogP contribution in [0.2, 0.25) is 0 Å². The Balaban J connectivity index is 1.56. The van der Waals surface area contributed by atoms with Crippen LogP contribution in [0.4, 0.5) is 0 Å². The Morgan fingerprint density at radius 2 is 1.85 bits per heavy atom. The van der Waals surface area contributed by atoms with Gasteiger partial charge in [0.2, 0.25) is 5.91 Å². The van der Waals surface area contributed by atoms with Crippen LogP contribution in [0, 0.1) is 17.3 Å². The van der Waals surface area contributed by atoms with E-state index < -0.39 is 5.41 Å². The van der Waals surface area contributed by atoms with Gasteiger partial charge in [-0.25, -0.2) is 0 Å². The van der Waals surface area contributed by atoms with Gasteiger partial charge in [-0.15, -0.1) is 0 Å². The molecule has 1 aliphatic heterocycles. The SMILES string of the molecule is CC1CC(C(=O)N2CCN(CC3CC3)CC2)(C(N)=S)C1. The molecule has 5 heteroatoms. The number of rotatable bonds is 4. The summed E-state index contributed by atoms with van der Waals surface area (Å²) in [6.45, 7) is 7.07. The Hall–Kier alpha value is -0.680. The molecule has 0 atom stereocenters. The molecule has 3 rings (SSSR count). The number of carbonyl (C=O) groups is 1. The fourth-order valence-corrected chi connectivity index (χ4v) is 3.97. The average molecular weight is 295 g/mol. The van der Waals surface area contributed by atoms with Crippen molar-refractivity contribution in [1.82, 2.24) is 9.80 Å². The molecule has 2 N–H and O–H groups in total. The van der Waals surface area contributed by atoms with Crippen LogP contribution in [0.25, 0.3) is 0 Å². The molecule has 112 valence electrons. The Kier molecular flexibility index (Phi) is 3.75. The summed E-state index contributed by atoms with van der Waals surface area (Å²) in [5, 5.41) is 0. The van der Waals surface area contributed by atoms with Gasteiger partial charge in [-0.3, -0.25) is 9.69 Å². The summed E-state index contributed by atoms with van der Waals surface area (Å²) in [4.78, 5) is 17.7. The summed E-state index contributed by atoms with van der Waals surface area (Å²) in [7, 11) is 0. The molecule has 0 aromatic heterocycles. The maximum atomic E-state index is 12.8. The Labute approximate surface area is 126 Å². The highest BCUT2D eigenvalue weighted by atomic mass is 32.1. The predicted octanol–water partition coefficient (Wildman–Crippen LogP) is 1.24. The molecule has 20 heavy (non-hydrogen) atoms. The van der Waals surface area contributed by atoms with Crippen LogP contribution in [0.5, 0.6) is 0 Å². The third-order valence-corrected chi connectivity index (χ3v) is 5.54. The van der Waals surface area contributed by atoms with Gasteiger partial charge in [-0.1, -0.05) is 19.1 Å². The number of piperazine rings is 1. The topological polar surface area (TPSA) is 49.6 Å². The molecule has 0 unspecified atom stereocenters. The molecule has 2 aliphatic carbocycles. The van der Waals surface area contributed by atoms with E-state index in [1.165, 1.54) is 19.4 Å². The molecule has 4 nitrogen and oxygen atoms in total. The van der Waals surface area contributed by atoms with Gasteiger partial charge in [-0.2, -0.15) is 0 Å². The summed E-state index contributed by atoms with van der Waals surface area (Å²) >= 11 is 5.19. The van der Waals surface area contributed by atoms with E-state index >= 15 is 0 Å². The van der Waals surface area contributed by atoms with Crippen molar-refractivity contribution in [2.24, 2.45) is 23.0 Å². The Bertz CT molecular complexity index is 407. The molecule has 0 aromatic rings. The number of hydrogen-bond donors (Lipinski definition) is 1. The van der Waals surface area contributed by atoms with E-state index in [0.717, 1.165) is 44.9 Å². The lowest BCUT2D eigenvalue weighted by Gasteiger charge is -2.48. The third kappa shape index (κ3) is 2.58. The van der Waals surface area contributed by atoms with Crippen molar-refractivity contribution in [2.75, 3.05) is 32.7 Å². The Morgan fingerprint density at radius 1 is 1.25 bits per heavy atom. The van der Waals surface area contributed by atoms with E-state index in [0.29, 0.717) is 10.9 Å². The van der Waals surface area contributed by atoms with Crippen LogP contribution in [0.15, 0.2) is 0 Å². The summed E-state index contributed by atoms with van der Waals surface area (Å²) in [6, 6.07) is 0. The number of hydrogen-bond acceptors (Lipinski definition) is 3. The van der Waals surface area contributed by atoms with E-state index in [2.05, 4.69) is 11.8 Å². The van der Waals surface area contributed by atoms with Crippen molar-refractivity contribution in [2.45, 2.75) is 32.6 Å². The lowest BCUT2D eigenvalue weighted by atomic mass is 9.61. The van der Waals surface area contributed by atoms with Crippen molar-refractivity contribution in [3.05, 3.63) is 0 Å². The van der Waals surface area contributed by atoms with Gasteiger partial charge >= 0.3 is 0 Å². The maximum absolute atomic E-state index is 12.8. The quantitative estimate of drug-likeness (QED) is 0.793. The van der Waals surface area contributed by atoms with Gasteiger partial charge in [0.05, 0.1) is 10.4 Å². The van der Waals surface area contributed by atoms with Gasteiger partial charge in [0.25, 0.3) is 0 Å². The molecule has 1 saturated heterocycles. The van der Waals surface area contributed by atoms with E-state index in [1.807, 2.05) is 4.90 Å². The number of carbonyl (C=O) groups excluding carboxylic acids is 1. The van der Waals surface area contributed by atoms with Gasteiger partial charge in [0, 0.05) is 32.7 Å². The first-order valence-corrected chi connectivity index (χ1v) is 8.24. The predicted molar refractivity (Wildman–Crippen MR) is 83.4 cm³/mol. The molecular weight excluding hydrogens is 270 g/mol. The fraction of sp³-hybridized carbons (Fsp3) is 0.867. The Morgan fingerprint density at radius 3 is 2.30 bits per heavy atom. The van der Waals surface area contributed by atoms with Crippen LogP contribution in [-0.4, -0.2) is 53.4 Å². The van der Waals surface area contributed by atoms with Gasteiger partial charge in [-0.05, 0) is 37.5 Å². The van der Waals surface area contributed by atoms with Crippen LogP contribution < -0.4 is 5.73 Å². The second kappa shape index (κ2) is 5.26. The standard InChI is InChI=1S/C15H25N3OS/c1-11-8-15(9-11,13(16)20)14(19)18-6-4-17(5-7-18)10-12-2-3-12/h11-12H,2-10H2,1H3,(H2,16,20). The number of nitrogens with two attached hydrogens (primary N) is 1.